The Morgan fingerprint density at radius 1 is 1.00 bits per heavy atom. The molecule has 0 spiro atoms. The second kappa shape index (κ2) is 8.80. The van der Waals surface area contributed by atoms with Gasteiger partial charge < -0.3 is 15.8 Å². The number of benzene rings is 3. The molecule has 0 fully saturated rings. The Hall–Kier alpha value is -2.69. The van der Waals surface area contributed by atoms with E-state index in [1.54, 1.807) is 0 Å². The van der Waals surface area contributed by atoms with E-state index >= 15 is 0 Å². The number of hydrogen-bond acceptors (Lipinski definition) is 3. The Kier molecular flexibility index (Phi) is 6.22. The predicted octanol–water partition coefficient (Wildman–Crippen LogP) is 4.45. The van der Waals surface area contributed by atoms with Crippen molar-refractivity contribution in [1.82, 2.24) is 0 Å². The highest BCUT2D eigenvalue weighted by Crippen LogP contribution is 2.22. The van der Waals surface area contributed by atoms with E-state index in [1.165, 1.54) is 0 Å². The zero-order chi connectivity index (χ0) is 19.2. The molecular weight excluding hydrogens is 336 g/mol. The number of hydrogen-bond donors (Lipinski definition) is 2. The first kappa shape index (κ1) is 19.1. The normalized spacial score (nSPS) is 12.3. The molecule has 3 rings (SSSR count). The molecule has 1 unspecified atom stereocenters. The molecule has 1 atom stereocenters. The van der Waals surface area contributed by atoms with Crippen molar-refractivity contribution in [2.24, 2.45) is 5.73 Å². The van der Waals surface area contributed by atoms with Gasteiger partial charge in [-0.2, -0.15) is 0 Å². The van der Waals surface area contributed by atoms with Gasteiger partial charge in [-0.25, -0.2) is 0 Å². The van der Waals surface area contributed by atoms with E-state index in [4.69, 9.17) is 10.5 Å². The maximum absolute atomic E-state index is 12.8. The summed E-state index contributed by atoms with van der Waals surface area (Å²) in [6.45, 7) is 4.83. The Morgan fingerprint density at radius 2 is 1.70 bits per heavy atom. The van der Waals surface area contributed by atoms with Gasteiger partial charge in [0.25, 0.3) is 0 Å². The zero-order valence-corrected chi connectivity index (χ0v) is 15.8. The van der Waals surface area contributed by atoms with Crippen molar-refractivity contribution in [3.8, 4) is 0 Å². The van der Waals surface area contributed by atoms with Crippen molar-refractivity contribution >= 4 is 22.4 Å². The third kappa shape index (κ3) is 4.94. The van der Waals surface area contributed by atoms with Crippen LogP contribution in [0.4, 0.5) is 5.69 Å². The van der Waals surface area contributed by atoms with Crippen molar-refractivity contribution < 1.29 is 9.53 Å². The summed E-state index contributed by atoms with van der Waals surface area (Å²) < 4.78 is 5.61. The molecule has 0 heterocycles. The number of amides is 1. The fraction of sp³-hybridized carbons (Fsp3) is 0.261. The second-order valence-electron chi connectivity index (χ2n) is 6.94. The molecule has 3 N–H and O–H groups in total. The first-order valence-electron chi connectivity index (χ1n) is 9.27. The van der Waals surface area contributed by atoms with E-state index in [0.29, 0.717) is 6.61 Å². The van der Waals surface area contributed by atoms with Crippen molar-refractivity contribution in [2.45, 2.75) is 32.5 Å². The monoisotopic (exact) mass is 362 g/mol. The van der Waals surface area contributed by atoms with Crippen LogP contribution in [0, 0.1) is 0 Å². The summed E-state index contributed by atoms with van der Waals surface area (Å²) in [5.74, 6) is -0.490. The molecule has 3 aromatic rings. The average Bonchev–Trinajstić information content (AvgIpc) is 2.68. The molecule has 0 aliphatic carbocycles. The summed E-state index contributed by atoms with van der Waals surface area (Å²) in [4.78, 5) is 12.8. The lowest BCUT2D eigenvalue weighted by atomic mass is 9.97. The minimum absolute atomic E-state index is 0.0982. The molecule has 1 amide bonds. The fourth-order valence-electron chi connectivity index (χ4n) is 3.00. The van der Waals surface area contributed by atoms with E-state index in [-0.39, 0.29) is 18.6 Å². The summed E-state index contributed by atoms with van der Waals surface area (Å²) in [5, 5.41) is 5.23. The van der Waals surface area contributed by atoms with E-state index in [9.17, 15) is 4.79 Å². The number of carbonyl (C=O) groups is 1. The Balaban J connectivity index is 1.71. The van der Waals surface area contributed by atoms with Gasteiger partial charge >= 0.3 is 0 Å². The minimum atomic E-state index is -0.392. The predicted molar refractivity (Wildman–Crippen MR) is 111 cm³/mol. The molecule has 3 aromatic carbocycles. The van der Waals surface area contributed by atoms with Gasteiger partial charge in [-0.15, -0.1) is 0 Å². The maximum Gasteiger partial charge on any atom is 0.233 e. The van der Waals surface area contributed by atoms with Crippen LogP contribution in [0.2, 0.25) is 0 Å². The van der Waals surface area contributed by atoms with Crippen molar-refractivity contribution in [3.05, 3.63) is 77.9 Å². The quantitative estimate of drug-likeness (QED) is 0.653. The van der Waals surface area contributed by atoms with Crippen LogP contribution in [0.5, 0.6) is 0 Å². The minimum Gasteiger partial charge on any atom is -0.374 e. The summed E-state index contributed by atoms with van der Waals surface area (Å²) >= 11 is 0. The van der Waals surface area contributed by atoms with Gasteiger partial charge in [-0.1, -0.05) is 54.6 Å². The number of anilines is 1. The third-order valence-electron chi connectivity index (χ3n) is 4.53. The van der Waals surface area contributed by atoms with Crippen LogP contribution in [0.25, 0.3) is 10.8 Å². The Labute approximate surface area is 160 Å². The van der Waals surface area contributed by atoms with E-state index in [2.05, 4.69) is 5.32 Å². The molecule has 0 aliphatic heterocycles. The lowest BCUT2D eigenvalue weighted by Crippen LogP contribution is -2.27. The highest BCUT2D eigenvalue weighted by molar-refractivity contribution is 5.98. The van der Waals surface area contributed by atoms with Gasteiger partial charge in [0.15, 0.2) is 0 Å². The van der Waals surface area contributed by atoms with Gasteiger partial charge in [0, 0.05) is 12.2 Å². The summed E-state index contributed by atoms with van der Waals surface area (Å²) in [5.41, 5.74) is 8.67. The van der Waals surface area contributed by atoms with Crippen LogP contribution in [0.1, 0.15) is 30.9 Å². The van der Waals surface area contributed by atoms with Gasteiger partial charge in [0.1, 0.15) is 0 Å². The van der Waals surface area contributed by atoms with Gasteiger partial charge in [-0.05, 0) is 47.9 Å². The standard InChI is InChI=1S/C23H26N2O2/c1-16(2)27-15-17-7-9-19(10-8-17)22(14-24)23(26)25-21-12-11-18-5-3-4-6-20(18)13-21/h3-13,16,22H,14-15,24H2,1-2H3,(H,25,26). The fourth-order valence-corrected chi connectivity index (χ4v) is 3.00. The van der Waals surface area contributed by atoms with Crippen LogP contribution in [0.3, 0.4) is 0 Å². The molecular formula is C23H26N2O2. The van der Waals surface area contributed by atoms with Gasteiger partial charge in [-0.3, -0.25) is 4.79 Å². The van der Waals surface area contributed by atoms with Crippen molar-refractivity contribution in [3.63, 3.8) is 0 Å². The third-order valence-corrected chi connectivity index (χ3v) is 4.53. The highest BCUT2D eigenvalue weighted by atomic mass is 16.5. The largest absolute Gasteiger partial charge is 0.374 e. The molecule has 27 heavy (non-hydrogen) atoms. The number of ether oxygens (including phenoxy) is 1. The highest BCUT2D eigenvalue weighted by Gasteiger charge is 2.19. The van der Waals surface area contributed by atoms with E-state index in [1.807, 2.05) is 80.6 Å². The smallest absolute Gasteiger partial charge is 0.233 e. The van der Waals surface area contributed by atoms with E-state index < -0.39 is 5.92 Å². The van der Waals surface area contributed by atoms with Gasteiger partial charge in [0.05, 0.1) is 18.6 Å². The van der Waals surface area contributed by atoms with Crippen LogP contribution in [-0.4, -0.2) is 18.6 Å². The maximum atomic E-state index is 12.8. The lowest BCUT2D eigenvalue weighted by Gasteiger charge is -2.16. The number of nitrogens with two attached hydrogens (primary N) is 1. The molecule has 0 saturated carbocycles. The molecule has 4 heteroatoms. The molecule has 0 bridgehead atoms. The SMILES string of the molecule is CC(C)OCc1ccc(C(CN)C(=O)Nc2ccc3ccccc3c2)cc1. The molecule has 0 radical (unpaired) electrons. The number of carbonyl (C=O) groups excluding carboxylic acids is 1. The zero-order valence-electron chi connectivity index (χ0n) is 15.8. The molecule has 0 aliphatic rings. The van der Waals surface area contributed by atoms with Crippen molar-refractivity contribution in [1.29, 1.82) is 0 Å². The average molecular weight is 362 g/mol. The summed E-state index contributed by atoms with van der Waals surface area (Å²) in [7, 11) is 0. The number of fused-ring (bicyclic) bond motifs is 1. The van der Waals surface area contributed by atoms with E-state index in [0.717, 1.165) is 27.6 Å². The second-order valence-corrected chi connectivity index (χ2v) is 6.94. The van der Waals surface area contributed by atoms with Crippen molar-refractivity contribution in [2.75, 3.05) is 11.9 Å². The molecule has 4 nitrogen and oxygen atoms in total. The number of nitrogens with one attached hydrogen (secondary N) is 1. The first-order chi connectivity index (χ1) is 13.1. The lowest BCUT2D eigenvalue weighted by molar-refractivity contribution is -0.117. The molecule has 140 valence electrons. The van der Waals surface area contributed by atoms with Crippen LogP contribution in [0.15, 0.2) is 66.7 Å². The number of rotatable bonds is 7. The van der Waals surface area contributed by atoms with Crippen LogP contribution >= 0.6 is 0 Å². The Morgan fingerprint density at radius 3 is 2.37 bits per heavy atom. The van der Waals surface area contributed by atoms with Gasteiger partial charge in [0.2, 0.25) is 5.91 Å². The summed E-state index contributed by atoms with van der Waals surface area (Å²) in [6.07, 6.45) is 0.189. The van der Waals surface area contributed by atoms with Crippen LogP contribution < -0.4 is 11.1 Å². The topological polar surface area (TPSA) is 64.3 Å². The summed E-state index contributed by atoms with van der Waals surface area (Å²) in [6, 6.07) is 21.9. The first-order valence-corrected chi connectivity index (χ1v) is 9.27. The molecule has 0 saturated heterocycles. The molecule has 0 aromatic heterocycles. The van der Waals surface area contributed by atoms with Crippen LogP contribution in [-0.2, 0) is 16.1 Å². The Bertz CT molecular complexity index is 904.